The summed E-state index contributed by atoms with van der Waals surface area (Å²) in [5.41, 5.74) is 2.26. The minimum absolute atomic E-state index is 0.119. The van der Waals surface area contributed by atoms with Crippen molar-refractivity contribution < 1.29 is 8.42 Å². The van der Waals surface area contributed by atoms with Gasteiger partial charge in [-0.05, 0) is 32.9 Å². The normalized spacial score (nSPS) is 20.0. The zero-order chi connectivity index (χ0) is 16.6. The Morgan fingerprint density at radius 2 is 1.87 bits per heavy atom. The molecule has 0 bridgehead atoms. The molecule has 1 aliphatic heterocycles. The van der Waals surface area contributed by atoms with E-state index in [0.29, 0.717) is 35.9 Å². The Labute approximate surface area is 137 Å². The van der Waals surface area contributed by atoms with Crippen molar-refractivity contribution in [3.8, 4) is 0 Å². The summed E-state index contributed by atoms with van der Waals surface area (Å²) in [5.74, 6) is 0. The van der Waals surface area contributed by atoms with Gasteiger partial charge in [0.15, 0.2) is 0 Å². The van der Waals surface area contributed by atoms with Gasteiger partial charge in [-0.1, -0.05) is 18.2 Å². The molecule has 0 aliphatic carbocycles. The van der Waals surface area contributed by atoms with Gasteiger partial charge in [0, 0.05) is 31.4 Å². The molecule has 1 aliphatic rings. The zero-order valence-corrected chi connectivity index (χ0v) is 14.5. The highest BCUT2D eigenvalue weighted by molar-refractivity contribution is 7.89. The van der Waals surface area contributed by atoms with Crippen molar-refractivity contribution in [3.63, 3.8) is 0 Å². The maximum Gasteiger partial charge on any atom is 0.246 e. The monoisotopic (exact) mass is 334 g/mol. The number of para-hydroxylation sites is 1. The van der Waals surface area contributed by atoms with Gasteiger partial charge < -0.3 is 4.90 Å². The summed E-state index contributed by atoms with van der Waals surface area (Å²) in [6, 6.07) is 10.2. The highest BCUT2D eigenvalue weighted by atomic mass is 32.2. The molecular formula is C16H22N4O2S. The number of sulfonamides is 1. The summed E-state index contributed by atoms with van der Waals surface area (Å²) in [6.07, 6.45) is 0. The van der Waals surface area contributed by atoms with Crippen LogP contribution in [-0.2, 0) is 10.0 Å². The van der Waals surface area contributed by atoms with E-state index in [4.69, 9.17) is 0 Å². The molecule has 0 radical (unpaired) electrons. The first-order valence-electron chi connectivity index (χ1n) is 7.74. The van der Waals surface area contributed by atoms with Crippen molar-refractivity contribution in [3.05, 3.63) is 41.7 Å². The van der Waals surface area contributed by atoms with Gasteiger partial charge in [-0.15, -0.1) is 0 Å². The molecule has 1 aromatic carbocycles. The molecule has 124 valence electrons. The lowest BCUT2D eigenvalue weighted by Crippen LogP contribution is -2.53. The Balaban J connectivity index is 1.83. The van der Waals surface area contributed by atoms with Crippen molar-refractivity contribution >= 4 is 15.7 Å². The van der Waals surface area contributed by atoms with Crippen LogP contribution in [0, 0.1) is 13.8 Å². The molecule has 7 heteroatoms. The molecule has 0 amide bonds. The quantitative estimate of drug-likeness (QED) is 0.931. The van der Waals surface area contributed by atoms with Crippen LogP contribution >= 0.6 is 0 Å². The number of rotatable bonds is 3. The number of aromatic amines is 1. The maximum absolute atomic E-state index is 12.9. The third-order valence-corrected chi connectivity index (χ3v) is 6.47. The lowest BCUT2D eigenvalue weighted by Gasteiger charge is -2.40. The number of nitrogens with one attached hydrogen (secondary N) is 1. The van der Waals surface area contributed by atoms with E-state index >= 15 is 0 Å². The van der Waals surface area contributed by atoms with Gasteiger partial charge in [0.25, 0.3) is 0 Å². The summed E-state index contributed by atoms with van der Waals surface area (Å²) in [7, 11) is -3.51. The van der Waals surface area contributed by atoms with Crippen LogP contribution in [0.5, 0.6) is 0 Å². The first-order valence-corrected chi connectivity index (χ1v) is 9.18. The van der Waals surface area contributed by atoms with E-state index in [1.54, 1.807) is 18.2 Å². The summed E-state index contributed by atoms with van der Waals surface area (Å²) in [5, 5.41) is 6.78. The highest BCUT2D eigenvalue weighted by Crippen LogP contribution is 2.26. The number of hydrogen-bond donors (Lipinski definition) is 1. The number of aryl methyl sites for hydroxylation is 2. The van der Waals surface area contributed by atoms with Gasteiger partial charge in [-0.25, -0.2) is 8.42 Å². The van der Waals surface area contributed by atoms with Crippen LogP contribution in [0.25, 0.3) is 0 Å². The number of anilines is 1. The van der Waals surface area contributed by atoms with Crippen LogP contribution in [0.15, 0.2) is 35.2 Å². The average Bonchev–Trinajstić information content (AvgIpc) is 2.87. The van der Waals surface area contributed by atoms with E-state index in [2.05, 4.69) is 34.2 Å². The van der Waals surface area contributed by atoms with Gasteiger partial charge >= 0.3 is 0 Å². The Morgan fingerprint density at radius 3 is 2.43 bits per heavy atom. The summed E-state index contributed by atoms with van der Waals surface area (Å²) in [4.78, 5) is 2.57. The van der Waals surface area contributed by atoms with Crippen molar-refractivity contribution in [1.82, 2.24) is 14.5 Å². The second kappa shape index (κ2) is 5.98. The molecule has 2 heterocycles. The highest BCUT2D eigenvalue weighted by Gasteiger charge is 2.34. The SMILES string of the molecule is Cc1n[nH]c(C)c1S(=O)(=O)N1CCN(c2ccccc2)C(C)C1. The van der Waals surface area contributed by atoms with Gasteiger partial charge in [-0.3, -0.25) is 5.10 Å². The predicted octanol–water partition coefficient (Wildman–Crippen LogP) is 1.93. The largest absolute Gasteiger partial charge is 0.366 e. The number of hydrogen-bond acceptors (Lipinski definition) is 4. The molecule has 0 saturated carbocycles. The Kier molecular flexibility index (Phi) is 4.16. The van der Waals surface area contributed by atoms with Gasteiger partial charge in [0.2, 0.25) is 10.0 Å². The van der Waals surface area contributed by atoms with Crippen LogP contribution in [0.3, 0.4) is 0 Å². The smallest absolute Gasteiger partial charge is 0.246 e. The summed E-state index contributed by atoms with van der Waals surface area (Å²) < 4.78 is 27.4. The molecule has 1 atom stereocenters. The molecule has 1 N–H and O–H groups in total. The summed E-state index contributed by atoms with van der Waals surface area (Å²) in [6.45, 7) is 7.16. The van der Waals surface area contributed by atoms with Gasteiger partial charge in [0.1, 0.15) is 4.90 Å². The van der Waals surface area contributed by atoms with Gasteiger partial charge in [-0.2, -0.15) is 9.40 Å². The molecule has 6 nitrogen and oxygen atoms in total. The number of aromatic nitrogens is 2. The molecule has 0 spiro atoms. The Bertz CT molecular complexity index is 766. The molecule has 1 saturated heterocycles. The lowest BCUT2D eigenvalue weighted by molar-refractivity contribution is 0.342. The fourth-order valence-electron chi connectivity index (χ4n) is 3.20. The first-order chi connectivity index (χ1) is 10.9. The molecule has 23 heavy (non-hydrogen) atoms. The number of piperazine rings is 1. The molecule has 1 aromatic heterocycles. The predicted molar refractivity (Wildman–Crippen MR) is 90.1 cm³/mol. The second-order valence-electron chi connectivity index (χ2n) is 6.00. The van der Waals surface area contributed by atoms with E-state index in [-0.39, 0.29) is 6.04 Å². The van der Waals surface area contributed by atoms with E-state index < -0.39 is 10.0 Å². The molecule has 2 aromatic rings. The minimum atomic E-state index is -3.51. The molecule has 3 rings (SSSR count). The fourth-order valence-corrected chi connectivity index (χ4v) is 5.04. The first kappa shape index (κ1) is 16.0. The third-order valence-electron chi connectivity index (χ3n) is 4.34. The van der Waals surface area contributed by atoms with Crippen molar-refractivity contribution in [2.75, 3.05) is 24.5 Å². The third kappa shape index (κ3) is 2.86. The Morgan fingerprint density at radius 1 is 1.17 bits per heavy atom. The molecule has 1 fully saturated rings. The topological polar surface area (TPSA) is 69.3 Å². The van der Waals surface area contributed by atoms with Crippen LogP contribution in [0.1, 0.15) is 18.3 Å². The lowest BCUT2D eigenvalue weighted by atomic mass is 10.2. The molecular weight excluding hydrogens is 312 g/mol. The van der Waals surface area contributed by atoms with Crippen molar-refractivity contribution in [2.45, 2.75) is 31.7 Å². The fraction of sp³-hybridized carbons (Fsp3) is 0.438. The van der Waals surface area contributed by atoms with Crippen molar-refractivity contribution in [2.24, 2.45) is 0 Å². The standard InChI is InChI=1S/C16H22N4O2S/c1-12-11-19(9-10-20(12)15-7-5-4-6-8-15)23(21,22)16-13(2)17-18-14(16)3/h4-8,12H,9-11H2,1-3H3,(H,17,18). The Hall–Kier alpha value is -1.86. The van der Waals surface area contributed by atoms with E-state index in [1.807, 2.05) is 18.2 Å². The number of H-pyrrole nitrogens is 1. The van der Waals surface area contributed by atoms with E-state index in [9.17, 15) is 8.42 Å². The van der Waals surface area contributed by atoms with Crippen molar-refractivity contribution in [1.29, 1.82) is 0 Å². The molecule has 1 unspecified atom stereocenters. The maximum atomic E-state index is 12.9. The second-order valence-corrected chi connectivity index (χ2v) is 7.88. The average molecular weight is 334 g/mol. The van der Waals surface area contributed by atoms with E-state index in [1.165, 1.54) is 0 Å². The zero-order valence-electron chi connectivity index (χ0n) is 13.7. The van der Waals surface area contributed by atoms with Crippen LogP contribution < -0.4 is 4.90 Å². The van der Waals surface area contributed by atoms with Crippen LogP contribution in [0.2, 0.25) is 0 Å². The number of benzene rings is 1. The van der Waals surface area contributed by atoms with E-state index in [0.717, 1.165) is 5.69 Å². The minimum Gasteiger partial charge on any atom is -0.366 e. The van der Waals surface area contributed by atoms with Gasteiger partial charge in [0.05, 0.1) is 11.4 Å². The van der Waals surface area contributed by atoms with Crippen LogP contribution in [-0.4, -0.2) is 48.6 Å². The summed E-state index contributed by atoms with van der Waals surface area (Å²) >= 11 is 0. The van der Waals surface area contributed by atoms with Crippen LogP contribution in [0.4, 0.5) is 5.69 Å². The number of nitrogens with zero attached hydrogens (tertiary/aromatic N) is 3.